The van der Waals surface area contributed by atoms with Gasteiger partial charge in [0.25, 0.3) is 0 Å². The first kappa shape index (κ1) is 15.2. The van der Waals surface area contributed by atoms with E-state index >= 15 is 0 Å². The maximum Gasteiger partial charge on any atom is 0.122 e. The van der Waals surface area contributed by atoms with Crippen LogP contribution in [-0.4, -0.2) is 14.2 Å². The van der Waals surface area contributed by atoms with Gasteiger partial charge in [0.1, 0.15) is 11.5 Å². The van der Waals surface area contributed by atoms with Crippen LogP contribution in [0.5, 0.6) is 11.5 Å². The van der Waals surface area contributed by atoms with Crippen LogP contribution in [0.3, 0.4) is 0 Å². The van der Waals surface area contributed by atoms with Crippen molar-refractivity contribution in [3.8, 4) is 11.5 Å². The van der Waals surface area contributed by atoms with Crippen LogP contribution in [-0.2, 0) is 12.8 Å². The summed E-state index contributed by atoms with van der Waals surface area (Å²) in [7, 11) is 3.38. The van der Waals surface area contributed by atoms with Crippen molar-refractivity contribution >= 4 is 0 Å². The van der Waals surface area contributed by atoms with Gasteiger partial charge >= 0.3 is 0 Å². The maximum absolute atomic E-state index is 5.44. The summed E-state index contributed by atoms with van der Waals surface area (Å²) in [6, 6.07) is 16.2. The average molecular weight is 308 g/mol. The highest BCUT2D eigenvalue weighted by molar-refractivity contribution is 5.40. The van der Waals surface area contributed by atoms with E-state index in [0.717, 1.165) is 29.9 Å². The van der Waals surface area contributed by atoms with Crippen molar-refractivity contribution < 1.29 is 13.9 Å². The number of methoxy groups -OCH3 is 2. The molecule has 1 aromatic heterocycles. The van der Waals surface area contributed by atoms with Crippen LogP contribution in [0.1, 0.15) is 22.3 Å². The first-order chi connectivity index (χ1) is 11.3. The van der Waals surface area contributed by atoms with Gasteiger partial charge in [-0.1, -0.05) is 30.3 Å². The molecule has 0 fully saturated rings. The topological polar surface area (TPSA) is 31.6 Å². The molecule has 0 bridgehead atoms. The second kappa shape index (κ2) is 7.05. The first-order valence-electron chi connectivity index (χ1n) is 7.59. The Kier molecular flexibility index (Phi) is 4.67. The summed E-state index contributed by atoms with van der Waals surface area (Å²) in [5, 5.41) is 0. The molecule has 0 aliphatic heterocycles. The van der Waals surface area contributed by atoms with E-state index in [1.54, 1.807) is 14.2 Å². The van der Waals surface area contributed by atoms with Gasteiger partial charge < -0.3 is 13.9 Å². The second-order valence-electron chi connectivity index (χ2n) is 5.44. The van der Waals surface area contributed by atoms with E-state index in [9.17, 15) is 0 Å². The van der Waals surface area contributed by atoms with Crippen molar-refractivity contribution in [3.63, 3.8) is 0 Å². The summed E-state index contributed by atoms with van der Waals surface area (Å²) in [4.78, 5) is 0. The monoisotopic (exact) mass is 308 g/mol. The average Bonchev–Trinajstić information content (AvgIpc) is 3.03. The van der Waals surface area contributed by atoms with E-state index in [-0.39, 0.29) is 0 Å². The Morgan fingerprint density at radius 2 is 1.43 bits per heavy atom. The highest BCUT2D eigenvalue weighted by atomic mass is 16.5. The van der Waals surface area contributed by atoms with Crippen LogP contribution in [0, 0.1) is 0 Å². The molecule has 3 rings (SSSR count). The molecule has 3 aromatic rings. The zero-order valence-electron chi connectivity index (χ0n) is 13.4. The molecule has 1 heterocycles. The first-order valence-corrected chi connectivity index (χ1v) is 7.59. The van der Waals surface area contributed by atoms with Crippen molar-refractivity contribution in [2.75, 3.05) is 14.2 Å². The molecule has 23 heavy (non-hydrogen) atoms. The predicted molar refractivity (Wildman–Crippen MR) is 90.3 cm³/mol. The summed E-state index contributed by atoms with van der Waals surface area (Å²) in [6.07, 6.45) is 5.29. The molecular weight excluding hydrogens is 288 g/mol. The molecule has 3 nitrogen and oxygen atoms in total. The van der Waals surface area contributed by atoms with E-state index in [1.165, 1.54) is 16.7 Å². The highest BCUT2D eigenvalue weighted by Crippen LogP contribution is 2.25. The Morgan fingerprint density at radius 3 is 2.13 bits per heavy atom. The van der Waals surface area contributed by atoms with Gasteiger partial charge in [-0.05, 0) is 40.5 Å². The molecule has 0 unspecified atom stereocenters. The van der Waals surface area contributed by atoms with Gasteiger partial charge in [0, 0.05) is 12.8 Å². The Hall–Kier alpha value is -2.68. The minimum atomic E-state index is 0.798. The molecule has 0 atom stereocenters. The fraction of sp³-hybridized carbons (Fsp3) is 0.200. The molecule has 3 heteroatoms. The molecule has 0 N–H and O–H groups in total. The summed E-state index contributed by atoms with van der Waals surface area (Å²) < 4.78 is 16.1. The number of ether oxygens (including phenoxy) is 2. The van der Waals surface area contributed by atoms with Gasteiger partial charge in [-0.25, -0.2) is 0 Å². The van der Waals surface area contributed by atoms with Gasteiger partial charge in [0.15, 0.2) is 0 Å². The Bertz CT molecular complexity index is 757. The molecule has 0 saturated heterocycles. The van der Waals surface area contributed by atoms with Crippen molar-refractivity contribution in [2.24, 2.45) is 0 Å². The van der Waals surface area contributed by atoms with Crippen LogP contribution in [0.4, 0.5) is 0 Å². The third-order valence-electron chi connectivity index (χ3n) is 3.96. The molecule has 0 spiro atoms. The SMILES string of the molecule is COc1ccc(Cc2cocc2Cc2ccccc2OC)cc1. The van der Waals surface area contributed by atoms with Crippen LogP contribution in [0.15, 0.2) is 65.5 Å². The van der Waals surface area contributed by atoms with Crippen LogP contribution < -0.4 is 9.47 Å². The van der Waals surface area contributed by atoms with Crippen LogP contribution >= 0.6 is 0 Å². The molecule has 2 aromatic carbocycles. The Labute approximate surface area is 136 Å². The molecule has 0 aliphatic carbocycles. The zero-order chi connectivity index (χ0) is 16.1. The number of rotatable bonds is 6. The zero-order valence-corrected chi connectivity index (χ0v) is 13.4. The fourth-order valence-corrected chi connectivity index (χ4v) is 2.68. The lowest BCUT2D eigenvalue weighted by Crippen LogP contribution is -1.96. The predicted octanol–water partition coefficient (Wildman–Crippen LogP) is 4.48. The molecule has 0 amide bonds. The van der Waals surface area contributed by atoms with Crippen molar-refractivity contribution in [2.45, 2.75) is 12.8 Å². The summed E-state index contributed by atoms with van der Waals surface area (Å²) >= 11 is 0. The van der Waals surface area contributed by atoms with Crippen molar-refractivity contribution in [1.29, 1.82) is 0 Å². The molecule has 0 aliphatic rings. The molecule has 118 valence electrons. The van der Waals surface area contributed by atoms with E-state index in [0.29, 0.717) is 0 Å². The van der Waals surface area contributed by atoms with Gasteiger partial charge in [-0.3, -0.25) is 0 Å². The van der Waals surface area contributed by atoms with E-state index in [4.69, 9.17) is 13.9 Å². The third kappa shape index (κ3) is 3.57. The van der Waals surface area contributed by atoms with E-state index in [1.807, 2.05) is 42.9 Å². The Morgan fingerprint density at radius 1 is 0.739 bits per heavy atom. The largest absolute Gasteiger partial charge is 0.497 e. The standard InChI is InChI=1S/C20H20O3/c1-21-19-9-7-15(8-10-19)11-17-13-23-14-18(17)12-16-5-3-4-6-20(16)22-2/h3-10,13-14H,11-12H2,1-2H3. The van der Waals surface area contributed by atoms with Gasteiger partial charge in [-0.2, -0.15) is 0 Å². The lowest BCUT2D eigenvalue weighted by Gasteiger charge is -2.08. The Balaban J connectivity index is 1.79. The van der Waals surface area contributed by atoms with Gasteiger partial charge in [0.05, 0.1) is 26.7 Å². The molecule has 0 saturated carbocycles. The van der Waals surface area contributed by atoms with Gasteiger partial charge in [-0.15, -0.1) is 0 Å². The number of hydrogen-bond donors (Lipinski definition) is 0. The smallest absolute Gasteiger partial charge is 0.122 e. The fourth-order valence-electron chi connectivity index (χ4n) is 2.68. The molecular formula is C20H20O3. The summed E-state index contributed by atoms with van der Waals surface area (Å²) in [6.45, 7) is 0. The lowest BCUT2D eigenvalue weighted by atomic mass is 9.99. The number of para-hydroxylation sites is 1. The second-order valence-corrected chi connectivity index (χ2v) is 5.44. The summed E-state index contributed by atoms with van der Waals surface area (Å²) in [5.74, 6) is 1.78. The summed E-state index contributed by atoms with van der Waals surface area (Å²) in [5.41, 5.74) is 4.77. The minimum absolute atomic E-state index is 0.798. The van der Waals surface area contributed by atoms with Gasteiger partial charge in [0.2, 0.25) is 0 Å². The van der Waals surface area contributed by atoms with E-state index in [2.05, 4.69) is 18.2 Å². The normalized spacial score (nSPS) is 10.5. The number of benzene rings is 2. The van der Waals surface area contributed by atoms with Crippen LogP contribution in [0.25, 0.3) is 0 Å². The minimum Gasteiger partial charge on any atom is -0.497 e. The third-order valence-corrected chi connectivity index (χ3v) is 3.96. The molecule has 0 radical (unpaired) electrons. The highest BCUT2D eigenvalue weighted by Gasteiger charge is 2.10. The number of furan rings is 1. The van der Waals surface area contributed by atoms with Crippen molar-refractivity contribution in [1.82, 2.24) is 0 Å². The van der Waals surface area contributed by atoms with Crippen molar-refractivity contribution in [3.05, 3.63) is 83.3 Å². The maximum atomic E-state index is 5.44. The lowest BCUT2D eigenvalue weighted by molar-refractivity contribution is 0.410. The van der Waals surface area contributed by atoms with Crippen LogP contribution in [0.2, 0.25) is 0 Å². The van der Waals surface area contributed by atoms with E-state index < -0.39 is 0 Å². The quantitative estimate of drug-likeness (QED) is 0.673. The number of hydrogen-bond acceptors (Lipinski definition) is 3.